The van der Waals surface area contributed by atoms with Crippen molar-refractivity contribution in [2.24, 2.45) is 5.41 Å². The van der Waals surface area contributed by atoms with Crippen LogP contribution in [0.1, 0.15) is 46.5 Å². The van der Waals surface area contributed by atoms with Crippen molar-refractivity contribution in [2.45, 2.75) is 56.7 Å². The highest BCUT2D eigenvalue weighted by atomic mass is 32.2. The van der Waals surface area contributed by atoms with Crippen LogP contribution in [0.2, 0.25) is 0 Å². The van der Waals surface area contributed by atoms with Gasteiger partial charge in [0.05, 0.1) is 4.75 Å². The van der Waals surface area contributed by atoms with Crippen LogP contribution in [0.15, 0.2) is 0 Å². The molecule has 2 rings (SSSR count). The molecule has 0 aromatic heterocycles. The van der Waals surface area contributed by atoms with Gasteiger partial charge in [0, 0.05) is 31.6 Å². The summed E-state index contributed by atoms with van der Waals surface area (Å²) < 4.78 is 29.3. The molecule has 19 heavy (non-hydrogen) atoms. The van der Waals surface area contributed by atoms with Crippen molar-refractivity contribution in [2.75, 3.05) is 26.0 Å². The summed E-state index contributed by atoms with van der Waals surface area (Å²) in [6.07, 6.45) is 5.01. The quantitative estimate of drug-likeness (QED) is 0.860. The second-order valence-corrected chi connectivity index (χ2v) is 9.94. The maximum atomic E-state index is 12.2. The van der Waals surface area contributed by atoms with E-state index in [0.29, 0.717) is 6.54 Å². The largest absolute Gasteiger partial charge is 0.381 e. The molecule has 0 amide bonds. The third-order valence-corrected chi connectivity index (χ3v) is 6.68. The number of nitrogens with one attached hydrogen (secondary N) is 1. The van der Waals surface area contributed by atoms with Crippen LogP contribution in [-0.2, 0) is 14.6 Å². The molecule has 0 aromatic rings. The SMILES string of the molecule is CC(C)(C)NCC1(S(C)(=O)=O)CC2(CCOCC2)C1. The van der Waals surface area contributed by atoms with E-state index in [9.17, 15) is 8.42 Å². The van der Waals surface area contributed by atoms with Gasteiger partial charge in [0.2, 0.25) is 0 Å². The van der Waals surface area contributed by atoms with Gasteiger partial charge in [0.25, 0.3) is 0 Å². The lowest BCUT2D eigenvalue weighted by Gasteiger charge is -2.57. The molecule has 1 aliphatic heterocycles. The van der Waals surface area contributed by atoms with Crippen LogP contribution in [-0.4, -0.2) is 44.7 Å². The number of hydrogen-bond acceptors (Lipinski definition) is 4. The average molecular weight is 289 g/mol. The van der Waals surface area contributed by atoms with Gasteiger partial charge < -0.3 is 10.1 Å². The number of hydrogen-bond donors (Lipinski definition) is 1. The number of rotatable bonds is 3. The zero-order valence-electron chi connectivity index (χ0n) is 12.6. The lowest BCUT2D eigenvalue weighted by molar-refractivity contribution is -0.0497. The third kappa shape index (κ3) is 3.14. The van der Waals surface area contributed by atoms with Gasteiger partial charge >= 0.3 is 0 Å². The van der Waals surface area contributed by atoms with E-state index in [4.69, 9.17) is 4.74 Å². The minimum Gasteiger partial charge on any atom is -0.381 e. The summed E-state index contributed by atoms with van der Waals surface area (Å²) in [7, 11) is -3.03. The fourth-order valence-electron chi connectivity index (χ4n) is 3.42. The van der Waals surface area contributed by atoms with Crippen LogP contribution in [0.3, 0.4) is 0 Å². The molecule has 5 heteroatoms. The highest BCUT2D eigenvalue weighted by Gasteiger charge is 2.59. The molecule has 0 aromatic carbocycles. The number of sulfone groups is 1. The van der Waals surface area contributed by atoms with E-state index >= 15 is 0 Å². The standard InChI is InChI=1S/C14H27NO3S/c1-12(2,3)15-11-14(19(4,16)17)9-13(10-14)5-7-18-8-6-13/h15H,5-11H2,1-4H3. The Morgan fingerprint density at radius 2 is 1.68 bits per heavy atom. The molecule has 1 aliphatic carbocycles. The zero-order chi connectivity index (χ0) is 14.4. The predicted molar refractivity (Wildman–Crippen MR) is 77.1 cm³/mol. The fraction of sp³-hybridized carbons (Fsp3) is 1.00. The van der Waals surface area contributed by atoms with Gasteiger partial charge in [-0.3, -0.25) is 0 Å². The molecule has 0 atom stereocenters. The van der Waals surface area contributed by atoms with Crippen molar-refractivity contribution in [3.63, 3.8) is 0 Å². The minimum atomic E-state index is -3.03. The Morgan fingerprint density at radius 1 is 1.16 bits per heavy atom. The normalized spacial score (nSPS) is 26.1. The monoisotopic (exact) mass is 289 g/mol. The number of ether oxygens (including phenoxy) is 1. The molecule has 0 unspecified atom stereocenters. The van der Waals surface area contributed by atoms with Gasteiger partial charge in [-0.05, 0) is 51.9 Å². The topological polar surface area (TPSA) is 55.4 Å². The first-order chi connectivity index (χ1) is 8.58. The maximum absolute atomic E-state index is 12.2. The van der Waals surface area contributed by atoms with E-state index in [-0.39, 0.29) is 11.0 Å². The van der Waals surface area contributed by atoms with Gasteiger partial charge in [0.15, 0.2) is 9.84 Å². The van der Waals surface area contributed by atoms with Crippen LogP contribution in [0.25, 0.3) is 0 Å². The fourth-order valence-corrected chi connectivity index (χ4v) is 4.89. The Hall–Kier alpha value is -0.130. The van der Waals surface area contributed by atoms with Crippen LogP contribution in [0.5, 0.6) is 0 Å². The van der Waals surface area contributed by atoms with Crippen molar-refractivity contribution in [1.29, 1.82) is 0 Å². The minimum absolute atomic E-state index is 0.0455. The van der Waals surface area contributed by atoms with E-state index in [0.717, 1.165) is 38.9 Å². The lowest BCUT2D eigenvalue weighted by Crippen LogP contribution is -2.63. The van der Waals surface area contributed by atoms with Crippen molar-refractivity contribution in [3.8, 4) is 0 Å². The molecule has 112 valence electrons. The van der Waals surface area contributed by atoms with Crippen molar-refractivity contribution in [1.82, 2.24) is 5.32 Å². The Labute approximate surface area is 117 Å². The van der Waals surface area contributed by atoms with E-state index in [1.165, 1.54) is 6.26 Å². The Kier molecular flexibility index (Phi) is 3.78. The van der Waals surface area contributed by atoms with Crippen molar-refractivity contribution >= 4 is 9.84 Å². The Balaban J connectivity index is 2.08. The van der Waals surface area contributed by atoms with E-state index in [2.05, 4.69) is 26.1 Å². The summed E-state index contributed by atoms with van der Waals surface area (Å²) in [5.74, 6) is 0. The molecule has 2 aliphatic rings. The molecule has 2 fully saturated rings. The highest BCUT2D eigenvalue weighted by Crippen LogP contribution is 2.57. The van der Waals surface area contributed by atoms with Crippen LogP contribution < -0.4 is 5.32 Å². The lowest BCUT2D eigenvalue weighted by atomic mass is 9.57. The molecule has 0 radical (unpaired) electrons. The molecule has 4 nitrogen and oxygen atoms in total. The Morgan fingerprint density at radius 3 is 2.11 bits per heavy atom. The van der Waals surface area contributed by atoms with Gasteiger partial charge in [-0.25, -0.2) is 8.42 Å². The molecular weight excluding hydrogens is 262 g/mol. The van der Waals surface area contributed by atoms with Crippen LogP contribution in [0.4, 0.5) is 0 Å². The molecule has 1 saturated heterocycles. The van der Waals surface area contributed by atoms with Crippen LogP contribution in [0, 0.1) is 5.41 Å². The van der Waals surface area contributed by atoms with Gasteiger partial charge in [-0.2, -0.15) is 0 Å². The summed E-state index contributed by atoms with van der Waals surface area (Å²) >= 11 is 0. The maximum Gasteiger partial charge on any atom is 0.154 e. The average Bonchev–Trinajstić information content (AvgIpc) is 2.21. The first-order valence-electron chi connectivity index (χ1n) is 7.10. The summed E-state index contributed by atoms with van der Waals surface area (Å²) in [6.45, 7) is 8.36. The van der Waals surface area contributed by atoms with E-state index in [1.54, 1.807) is 0 Å². The highest BCUT2D eigenvalue weighted by molar-refractivity contribution is 7.92. The van der Waals surface area contributed by atoms with Crippen molar-refractivity contribution in [3.05, 3.63) is 0 Å². The zero-order valence-corrected chi connectivity index (χ0v) is 13.4. The summed E-state index contributed by atoms with van der Waals surface area (Å²) in [5, 5.41) is 3.38. The van der Waals surface area contributed by atoms with E-state index in [1.807, 2.05) is 0 Å². The van der Waals surface area contributed by atoms with Gasteiger partial charge in [0.1, 0.15) is 0 Å². The summed E-state index contributed by atoms with van der Waals surface area (Å²) in [5.41, 5.74) is 0.178. The predicted octanol–water partition coefficient (Wildman–Crippen LogP) is 1.75. The smallest absolute Gasteiger partial charge is 0.154 e. The first kappa shape index (κ1) is 15.3. The second kappa shape index (κ2) is 4.71. The van der Waals surface area contributed by atoms with Crippen molar-refractivity contribution < 1.29 is 13.2 Å². The first-order valence-corrected chi connectivity index (χ1v) is 8.99. The van der Waals surface area contributed by atoms with E-state index < -0.39 is 14.6 Å². The summed E-state index contributed by atoms with van der Waals surface area (Å²) in [4.78, 5) is 0. The Bertz CT molecular complexity index is 422. The second-order valence-electron chi connectivity index (χ2n) is 7.52. The van der Waals surface area contributed by atoms with Gasteiger partial charge in [-0.15, -0.1) is 0 Å². The molecule has 1 N–H and O–H groups in total. The molecule has 1 saturated carbocycles. The summed E-state index contributed by atoms with van der Waals surface area (Å²) in [6, 6.07) is 0. The van der Waals surface area contributed by atoms with Crippen LogP contribution >= 0.6 is 0 Å². The molecule has 1 spiro atoms. The molecular formula is C14H27NO3S. The third-order valence-electron chi connectivity index (χ3n) is 4.68. The molecule has 1 heterocycles. The van der Waals surface area contributed by atoms with Gasteiger partial charge in [-0.1, -0.05) is 0 Å². The molecule has 0 bridgehead atoms.